The summed E-state index contributed by atoms with van der Waals surface area (Å²) in [6, 6.07) is 6.13. The predicted molar refractivity (Wildman–Crippen MR) is 71.8 cm³/mol. The van der Waals surface area contributed by atoms with Crippen molar-refractivity contribution in [3.63, 3.8) is 0 Å². The van der Waals surface area contributed by atoms with Crippen LogP contribution in [0.15, 0.2) is 23.9 Å². The number of benzene rings is 1. The van der Waals surface area contributed by atoms with E-state index in [1.807, 2.05) is 23.4 Å². The van der Waals surface area contributed by atoms with Crippen LogP contribution in [0.3, 0.4) is 0 Å². The van der Waals surface area contributed by atoms with Gasteiger partial charge >= 0.3 is 0 Å². The normalized spacial score (nSPS) is 15.0. The van der Waals surface area contributed by atoms with Crippen molar-refractivity contribution in [1.29, 1.82) is 0 Å². The molecule has 0 amide bonds. The summed E-state index contributed by atoms with van der Waals surface area (Å²) in [6.07, 6.45) is 1.05. The molecule has 0 saturated heterocycles. The lowest BCUT2D eigenvalue weighted by atomic mass is 10.1. The van der Waals surface area contributed by atoms with Crippen LogP contribution in [0, 0.1) is 12.8 Å². The minimum atomic E-state index is 0.638. The zero-order valence-electron chi connectivity index (χ0n) is 9.75. The molecule has 1 nitrogen and oxygen atoms in total. The fraction of sp³-hybridized carbons (Fsp3) is 0.385. The third-order valence-electron chi connectivity index (χ3n) is 2.72. The number of hydrogen-bond acceptors (Lipinski definition) is 2. The van der Waals surface area contributed by atoms with Crippen molar-refractivity contribution < 1.29 is 0 Å². The fourth-order valence-corrected chi connectivity index (χ4v) is 2.28. The molecule has 0 unspecified atom stereocenters. The number of rotatable bonds is 3. The van der Waals surface area contributed by atoms with Crippen LogP contribution in [0.4, 0.5) is 0 Å². The summed E-state index contributed by atoms with van der Waals surface area (Å²) in [5, 5.41) is 0.809. The molecule has 0 N–H and O–H groups in total. The van der Waals surface area contributed by atoms with Gasteiger partial charge in [0.05, 0.1) is 0 Å². The van der Waals surface area contributed by atoms with Gasteiger partial charge in [-0.25, -0.2) is 0 Å². The molecule has 1 aromatic carbocycles. The van der Waals surface area contributed by atoms with Crippen LogP contribution in [0.5, 0.6) is 0 Å². The molecule has 1 aliphatic heterocycles. The summed E-state index contributed by atoms with van der Waals surface area (Å²) in [5.41, 5.74) is 4.68. The van der Waals surface area contributed by atoms with E-state index in [1.165, 1.54) is 11.4 Å². The number of halogens is 1. The molecule has 2 rings (SSSR count). The Morgan fingerprint density at radius 2 is 2.06 bits per heavy atom. The third-order valence-corrected chi connectivity index (χ3v) is 3.53. The summed E-state index contributed by atoms with van der Waals surface area (Å²) in [4.78, 5) is 0. The van der Waals surface area contributed by atoms with Crippen LogP contribution in [0.25, 0.3) is 5.70 Å². The van der Waals surface area contributed by atoms with Gasteiger partial charge in [-0.2, -0.15) is 0 Å². The maximum Gasteiger partial charge on any atom is 0.0441 e. The molecule has 0 bridgehead atoms. The van der Waals surface area contributed by atoms with Gasteiger partial charge < -0.3 is 17.1 Å². The van der Waals surface area contributed by atoms with Gasteiger partial charge in [0.2, 0.25) is 0 Å². The molecular formula is C13H15ClNS-. The van der Waals surface area contributed by atoms with E-state index < -0.39 is 0 Å². The van der Waals surface area contributed by atoms with Crippen LogP contribution in [-0.2, 0) is 12.8 Å². The summed E-state index contributed by atoms with van der Waals surface area (Å²) in [6.45, 7) is 6.41. The lowest BCUT2D eigenvalue weighted by Gasteiger charge is -2.13. The van der Waals surface area contributed by atoms with E-state index >= 15 is 0 Å². The van der Waals surface area contributed by atoms with Crippen molar-refractivity contribution in [2.75, 3.05) is 0 Å². The SMILES string of the molecule is Cc1ccc(C2=C(CC(C)C)N2[S-])cc1Cl. The van der Waals surface area contributed by atoms with Gasteiger partial charge in [-0.1, -0.05) is 37.6 Å². The molecular weight excluding hydrogens is 238 g/mol. The van der Waals surface area contributed by atoms with Crippen LogP contribution < -0.4 is 0 Å². The Morgan fingerprint density at radius 3 is 2.62 bits per heavy atom. The van der Waals surface area contributed by atoms with Crippen molar-refractivity contribution >= 4 is 30.1 Å². The minimum absolute atomic E-state index is 0.638. The van der Waals surface area contributed by atoms with Crippen molar-refractivity contribution in [3.8, 4) is 0 Å². The Bertz CT molecular complexity index is 451. The molecule has 86 valence electrons. The topological polar surface area (TPSA) is 3.01 Å². The minimum Gasteiger partial charge on any atom is -0.661 e. The predicted octanol–water partition coefficient (Wildman–Crippen LogP) is 4.14. The number of nitrogens with zero attached hydrogens (tertiary/aromatic N) is 1. The first kappa shape index (κ1) is 11.9. The Hall–Kier alpha value is -0.600. The molecule has 0 radical (unpaired) electrons. The lowest BCUT2D eigenvalue weighted by Crippen LogP contribution is -1.91. The van der Waals surface area contributed by atoms with Crippen LogP contribution in [-0.4, -0.2) is 4.31 Å². The molecule has 0 aromatic heterocycles. The Morgan fingerprint density at radius 1 is 1.38 bits per heavy atom. The molecule has 1 aliphatic rings. The Labute approximate surface area is 108 Å². The quantitative estimate of drug-likeness (QED) is 0.744. The Kier molecular flexibility index (Phi) is 3.22. The molecule has 0 spiro atoms. The highest BCUT2D eigenvalue weighted by Crippen LogP contribution is 2.43. The first-order valence-electron chi connectivity index (χ1n) is 5.47. The van der Waals surface area contributed by atoms with E-state index in [2.05, 4.69) is 19.9 Å². The monoisotopic (exact) mass is 252 g/mol. The van der Waals surface area contributed by atoms with Crippen molar-refractivity contribution in [1.82, 2.24) is 4.31 Å². The maximum absolute atomic E-state index is 6.11. The van der Waals surface area contributed by atoms with Gasteiger partial charge in [-0.15, -0.1) is 0 Å². The first-order chi connectivity index (χ1) is 7.50. The van der Waals surface area contributed by atoms with Gasteiger partial charge in [-0.05, 0) is 36.5 Å². The van der Waals surface area contributed by atoms with Gasteiger partial charge in [0.25, 0.3) is 0 Å². The molecule has 3 heteroatoms. The lowest BCUT2D eigenvalue weighted by molar-refractivity contribution is 0.629. The maximum atomic E-state index is 6.11. The summed E-state index contributed by atoms with van der Waals surface area (Å²) >= 11 is 11.4. The van der Waals surface area contributed by atoms with Crippen molar-refractivity contribution in [3.05, 3.63) is 40.0 Å². The third kappa shape index (κ3) is 2.23. The first-order valence-corrected chi connectivity index (χ1v) is 6.22. The van der Waals surface area contributed by atoms with E-state index in [9.17, 15) is 0 Å². The molecule has 0 saturated carbocycles. The van der Waals surface area contributed by atoms with E-state index in [0.29, 0.717) is 5.92 Å². The summed E-state index contributed by atoms with van der Waals surface area (Å²) in [5.74, 6) is 0.638. The van der Waals surface area contributed by atoms with Gasteiger partial charge in [-0.3, -0.25) is 0 Å². The molecule has 1 heterocycles. The van der Waals surface area contributed by atoms with E-state index in [1.54, 1.807) is 0 Å². The smallest absolute Gasteiger partial charge is 0.0441 e. The van der Waals surface area contributed by atoms with Gasteiger partial charge in [0, 0.05) is 16.4 Å². The average molecular weight is 253 g/mol. The van der Waals surface area contributed by atoms with Crippen molar-refractivity contribution in [2.45, 2.75) is 27.2 Å². The van der Waals surface area contributed by atoms with Crippen LogP contribution in [0.1, 0.15) is 31.4 Å². The molecule has 0 atom stereocenters. The van der Waals surface area contributed by atoms with Crippen molar-refractivity contribution in [2.24, 2.45) is 5.92 Å². The van der Waals surface area contributed by atoms with E-state index in [-0.39, 0.29) is 0 Å². The van der Waals surface area contributed by atoms with E-state index in [0.717, 1.165) is 22.6 Å². The van der Waals surface area contributed by atoms with E-state index in [4.69, 9.17) is 24.4 Å². The second-order valence-corrected chi connectivity index (χ2v) is 5.42. The molecule has 0 fully saturated rings. The molecule has 1 aromatic rings. The average Bonchev–Trinajstić information content (AvgIpc) is 2.81. The molecule has 16 heavy (non-hydrogen) atoms. The standard InChI is InChI=1S/C13H15ClNS/c1-8(2)6-12-13(15(12)16)10-5-4-9(3)11(14)7-10/h4-5,7-8H,6H2,1-3H3/q-1. The second kappa shape index (κ2) is 4.34. The largest absolute Gasteiger partial charge is 0.661 e. The number of allylic oxidation sites excluding steroid dienone is 1. The highest BCUT2D eigenvalue weighted by molar-refractivity contribution is 7.57. The zero-order chi connectivity index (χ0) is 11.9. The fourth-order valence-electron chi connectivity index (χ4n) is 1.77. The van der Waals surface area contributed by atoms with Gasteiger partial charge in [0.1, 0.15) is 0 Å². The summed E-state index contributed by atoms with van der Waals surface area (Å²) < 4.78 is 1.85. The number of hydrogen-bond donors (Lipinski definition) is 0. The highest BCUT2D eigenvalue weighted by atomic mass is 35.5. The summed E-state index contributed by atoms with van der Waals surface area (Å²) in [7, 11) is 0. The number of aryl methyl sites for hydroxylation is 1. The highest BCUT2D eigenvalue weighted by Gasteiger charge is 2.25. The van der Waals surface area contributed by atoms with Crippen LogP contribution in [0.2, 0.25) is 5.02 Å². The van der Waals surface area contributed by atoms with Crippen LogP contribution >= 0.6 is 11.6 Å². The Balaban J connectivity index is 2.25. The zero-order valence-corrected chi connectivity index (χ0v) is 11.3. The van der Waals surface area contributed by atoms with Gasteiger partial charge in [0.15, 0.2) is 0 Å². The second-order valence-electron chi connectivity index (χ2n) is 4.65. The molecule has 0 aliphatic carbocycles.